The fourth-order valence-electron chi connectivity index (χ4n) is 4.18. The second-order valence-corrected chi connectivity index (χ2v) is 8.20. The molecule has 1 atom stereocenters. The summed E-state index contributed by atoms with van der Waals surface area (Å²) in [5, 5.41) is 5.32. The number of likely N-dealkylation sites (tertiary alicyclic amines) is 1. The fraction of sp³-hybridized carbons (Fsp3) is 0.308. The van der Waals surface area contributed by atoms with E-state index in [0.717, 1.165) is 41.3 Å². The van der Waals surface area contributed by atoms with E-state index in [0.29, 0.717) is 19.5 Å². The van der Waals surface area contributed by atoms with Crippen LogP contribution in [0.2, 0.25) is 0 Å². The van der Waals surface area contributed by atoms with E-state index in [4.69, 9.17) is 0 Å². The lowest BCUT2D eigenvalue weighted by atomic mass is 9.95. The van der Waals surface area contributed by atoms with Crippen LogP contribution in [-0.2, 0) is 22.6 Å². The predicted molar refractivity (Wildman–Crippen MR) is 120 cm³/mol. The van der Waals surface area contributed by atoms with Crippen molar-refractivity contribution in [3.63, 3.8) is 0 Å². The molecule has 4 rings (SSSR count). The van der Waals surface area contributed by atoms with Gasteiger partial charge in [-0.15, -0.1) is 0 Å². The molecule has 154 valence electrons. The number of hydrogen-bond donors (Lipinski definition) is 1. The molecule has 0 bridgehead atoms. The molecule has 0 aliphatic carbocycles. The number of fused-ring (bicyclic) bond motifs is 1. The topological polar surface area (TPSA) is 49.4 Å². The average molecular weight is 401 g/mol. The number of benzene rings is 3. The van der Waals surface area contributed by atoms with Gasteiger partial charge in [-0.3, -0.25) is 9.59 Å². The highest BCUT2D eigenvalue weighted by Gasteiger charge is 2.28. The third-order valence-electron chi connectivity index (χ3n) is 5.95. The largest absolute Gasteiger partial charge is 0.352 e. The molecule has 30 heavy (non-hydrogen) atoms. The standard InChI is InChI=1S/C26H28N2O2/c1-19-11-13-20(14-12-19)17-27-26(30)23-9-5-15-28(18-23)25(29)16-22-8-4-7-21-6-2-3-10-24(21)22/h2-4,6-8,10-14,23H,5,9,15-18H2,1H3,(H,27,30)/t23-/m0/s1. The van der Waals surface area contributed by atoms with Crippen molar-refractivity contribution in [3.05, 3.63) is 83.4 Å². The molecule has 0 radical (unpaired) electrons. The minimum atomic E-state index is -0.138. The number of nitrogens with zero attached hydrogens (tertiary/aromatic N) is 1. The lowest BCUT2D eigenvalue weighted by Gasteiger charge is -2.32. The number of nitrogens with one attached hydrogen (secondary N) is 1. The zero-order chi connectivity index (χ0) is 20.9. The van der Waals surface area contributed by atoms with Crippen molar-refractivity contribution in [1.29, 1.82) is 0 Å². The predicted octanol–water partition coefficient (Wildman–Crippen LogP) is 4.25. The van der Waals surface area contributed by atoms with E-state index in [2.05, 4.69) is 35.6 Å². The number of piperidine rings is 1. The Morgan fingerprint density at radius 2 is 1.77 bits per heavy atom. The summed E-state index contributed by atoms with van der Waals surface area (Å²) in [7, 11) is 0. The highest BCUT2D eigenvalue weighted by Crippen LogP contribution is 2.22. The third kappa shape index (κ3) is 4.70. The van der Waals surface area contributed by atoms with Gasteiger partial charge in [-0.25, -0.2) is 0 Å². The highest BCUT2D eigenvalue weighted by molar-refractivity contribution is 5.90. The van der Waals surface area contributed by atoms with Crippen LogP contribution in [0.15, 0.2) is 66.7 Å². The summed E-state index contributed by atoms with van der Waals surface area (Å²) in [5.41, 5.74) is 3.34. The lowest BCUT2D eigenvalue weighted by molar-refractivity contribution is -0.135. The molecular weight excluding hydrogens is 372 g/mol. The summed E-state index contributed by atoms with van der Waals surface area (Å²) in [4.78, 5) is 27.5. The Hall–Kier alpha value is -3.14. The van der Waals surface area contributed by atoms with Gasteiger partial charge in [0.15, 0.2) is 0 Å². The van der Waals surface area contributed by atoms with Crippen LogP contribution in [0.5, 0.6) is 0 Å². The van der Waals surface area contributed by atoms with Gasteiger partial charge in [0.2, 0.25) is 11.8 Å². The molecule has 4 nitrogen and oxygen atoms in total. The van der Waals surface area contributed by atoms with Gasteiger partial charge in [-0.1, -0.05) is 72.3 Å². The Balaban J connectivity index is 1.36. The third-order valence-corrected chi connectivity index (χ3v) is 5.95. The van der Waals surface area contributed by atoms with Crippen molar-refractivity contribution in [2.75, 3.05) is 13.1 Å². The summed E-state index contributed by atoms with van der Waals surface area (Å²) in [6.45, 7) is 3.81. The van der Waals surface area contributed by atoms with Crippen LogP contribution in [0, 0.1) is 12.8 Å². The molecule has 1 fully saturated rings. The summed E-state index contributed by atoms with van der Waals surface area (Å²) in [6.07, 6.45) is 2.07. The van der Waals surface area contributed by atoms with Crippen LogP contribution in [0.25, 0.3) is 10.8 Å². The first-order valence-electron chi connectivity index (χ1n) is 10.7. The number of aryl methyl sites for hydroxylation is 1. The van der Waals surface area contributed by atoms with Crippen molar-refractivity contribution >= 4 is 22.6 Å². The zero-order valence-corrected chi connectivity index (χ0v) is 17.4. The first kappa shape index (κ1) is 20.1. The van der Waals surface area contributed by atoms with Crippen LogP contribution in [0.4, 0.5) is 0 Å². The van der Waals surface area contributed by atoms with E-state index in [1.54, 1.807) is 0 Å². The van der Waals surface area contributed by atoms with Gasteiger partial charge in [0.25, 0.3) is 0 Å². The molecule has 1 N–H and O–H groups in total. The van der Waals surface area contributed by atoms with Crippen molar-refractivity contribution < 1.29 is 9.59 Å². The van der Waals surface area contributed by atoms with Crippen LogP contribution < -0.4 is 5.32 Å². The molecule has 1 aliphatic rings. The summed E-state index contributed by atoms with van der Waals surface area (Å²) < 4.78 is 0. The first-order chi connectivity index (χ1) is 14.6. The number of carbonyl (C=O) groups is 2. The van der Waals surface area contributed by atoms with E-state index in [1.807, 2.05) is 48.2 Å². The number of amides is 2. The minimum absolute atomic E-state index is 0.0400. The molecule has 3 aromatic carbocycles. The van der Waals surface area contributed by atoms with E-state index >= 15 is 0 Å². The second-order valence-electron chi connectivity index (χ2n) is 8.20. The number of carbonyl (C=O) groups excluding carboxylic acids is 2. The fourth-order valence-corrected chi connectivity index (χ4v) is 4.18. The number of rotatable bonds is 5. The molecule has 1 heterocycles. The molecule has 4 heteroatoms. The maximum atomic E-state index is 13.0. The first-order valence-corrected chi connectivity index (χ1v) is 10.7. The molecule has 0 saturated carbocycles. The Morgan fingerprint density at radius 3 is 2.60 bits per heavy atom. The molecular formula is C26H28N2O2. The van der Waals surface area contributed by atoms with Gasteiger partial charge in [-0.2, -0.15) is 0 Å². The van der Waals surface area contributed by atoms with Gasteiger partial charge in [-0.05, 0) is 41.7 Å². The van der Waals surface area contributed by atoms with Gasteiger partial charge < -0.3 is 10.2 Å². The summed E-state index contributed by atoms with van der Waals surface area (Å²) in [6, 6.07) is 22.4. The van der Waals surface area contributed by atoms with Crippen molar-refractivity contribution in [1.82, 2.24) is 10.2 Å². The molecule has 0 aromatic heterocycles. The smallest absolute Gasteiger partial charge is 0.227 e. The van der Waals surface area contributed by atoms with Crippen LogP contribution >= 0.6 is 0 Å². The van der Waals surface area contributed by atoms with Gasteiger partial charge in [0.1, 0.15) is 0 Å². The van der Waals surface area contributed by atoms with E-state index in [1.165, 1.54) is 5.56 Å². The van der Waals surface area contributed by atoms with Crippen molar-refractivity contribution in [2.24, 2.45) is 5.92 Å². The minimum Gasteiger partial charge on any atom is -0.352 e. The molecule has 0 spiro atoms. The Bertz CT molecular complexity index is 1040. The average Bonchev–Trinajstić information content (AvgIpc) is 2.79. The lowest BCUT2D eigenvalue weighted by Crippen LogP contribution is -2.45. The van der Waals surface area contributed by atoms with E-state index in [-0.39, 0.29) is 17.7 Å². The SMILES string of the molecule is Cc1ccc(CNC(=O)[C@H]2CCCN(C(=O)Cc3cccc4ccccc34)C2)cc1. The van der Waals surface area contributed by atoms with E-state index in [9.17, 15) is 9.59 Å². The van der Waals surface area contributed by atoms with Crippen molar-refractivity contribution in [3.8, 4) is 0 Å². The Labute approximate surface area is 177 Å². The summed E-state index contributed by atoms with van der Waals surface area (Å²) in [5.74, 6) is 0.00119. The normalized spacial score (nSPS) is 16.4. The molecule has 2 amide bonds. The summed E-state index contributed by atoms with van der Waals surface area (Å²) >= 11 is 0. The van der Waals surface area contributed by atoms with Gasteiger partial charge in [0.05, 0.1) is 12.3 Å². The maximum absolute atomic E-state index is 13.0. The van der Waals surface area contributed by atoms with Crippen LogP contribution in [-0.4, -0.2) is 29.8 Å². The molecule has 1 saturated heterocycles. The van der Waals surface area contributed by atoms with Gasteiger partial charge in [0, 0.05) is 19.6 Å². The van der Waals surface area contributed by atoms with Gasteiger partial charge >= 0.3 is 0 Å². The second kappa shape index (κ2) is 9.12. The molecule has 0 unspecified atom stereocenters. The number of hydrogen-bond acceptors (Lipinski definition) is 2. The Kier molecular flexibility index (Phi) is 6.12. The maximum Gasteiger partial charge on any atom is 0.227 e. The highest BCUT2D eigenvalue weighted by atomic mass is 16.2. The monoisotopic (exact) mass is 400 g/mol. The molecule has 1 aliphatic heterocycles. The van der Waals surface area contributed by atoms with Crippen LogP contribution in [0.1, 0.15) is 29.5 Å². The quantitative estimate of drug-likeness (QED) is 0.696. The van der Waals surface area contributed by atoms with E-state index < -0.39 is 0 Å². The Morgan fingerprint density at radius 1 is 1.00 bits per heavy atom. The molecule has 3 aromatic rings. The zero-order valence-electron chi connectivity index (χ0n) is 17.4. The van der Waals surface area contributed by atoms with Crippen LogP contribution in [0.3, 0.4) is 0 Å². The van der Waals surface area contributed by atoms with Crippen molar-refractivity contribution in [2.45, 2.75) is 32.7 Å².